The molecule has 0 amide bonds. The molecule has 3 rings (SSSR count). The Bertz CT molecular complexity index is 622. The molecule has 2 fully saturated rings. The summed E-state index contributed by atoms with van der Waals surface area (Å²) < 4.78 is 12.0. The molecular formula is C22H28O4. The lowest BCUT2D eigenvalue weighted by Gasteiger charge is -2.27. The summed E-state index contributed by atoms with van der Waals surface area (Å²) >= 11 is 0. The predicted octanol–water partition coefficient (Wildman–Crippen LogP) is 4.36. The van der Waals surface area contributed by atoms with Crippen molar-refractivity contribution in [1.82, 2.24) is 0 Å². The van der Waals surface area contributed by atoms with Gasteiger partial charge in [0.2, 0.25) is 0 Å². The van der Waals surface area contributed by atoms with Gasteiger partial charge in [-0.15, -0.1) is 0 Å². The third-order valence-corrected chi connectivity index (χ3v) is 5.40. The van der Waals surface area contributed by atoms with E-state index < -0.39 is 5.97 Å². The molecule has 0 unspecified atom stereocenters. The molecule has 2 aliphatic rings. The molecule has 26 heavy (non-hydrogen) atoms. The monoisotopic (exact) mass is 356 g/mol. The zero-order valence-electron chi connectivity index (χ0n) is 15.1. The van der Waals surface area contributed by atoms with Gasteiger partial charge in [0, 0.05) is 12.7 Å². The number of carbonyl (C=O) groups is 1. The highest BCUT2D eigenvalue weighted by molar-refractivity contribution is 5.79. The molecule has 0 aliphatic carbocycles. The molecule has 0 saturated carbocycles. The summed E-state index contributed by atoms with van der Waals surface area (Å²) in [4.78, 5) is 10.4. The van der Waals surface area contributed by atoms with E-state index in [1.54, 1.807) is 6.08 Å². The Hall–Kier alpha value is -1.91. The number of carboxylic acid groups (broad SMARTS) is 1. The third kappa shape index (κ3) is 5.29. The average molecular weight is 356 g/mol. The van der Waals surface area contributed by atoms with Crippen molar-refractivity contribution >= 4 is 5.97 Å². The first-order chi connectivity index (χ1) is 12.7. The molecule has 1 aromatic rings. The Morgan fingerprint density at radius 3 is 2.65 bits per heavy atom. The number of carboxylic acids is 1. The molecule has 2 heterocycles. The van der Waals surface area contributed by atoms with Gasteiger partial charge in [-0.25, -0.2) is 4.79 Å². The van der Waals surface area contributed by atoms with Crippen LogP contribution in [0.4, 0.5) is 0 Å². The number of hydrogen-bond acceptors (Lipinski definition) is 3. The van der Waals surface area contributed by atoms with Crippen LogP contribution >= 0.6 is 0 Å². The van der Waals surface area contributed by atoms with Crippen molar-refractivity contribution in [2.75, 3.05) is 6.61 Å². The molecule has 0 spiro atoms. The van der Waals surface area contributed by atoms with Gasteiger partial charge in [-0.2, -0.15) is 0 Å². The van der Waals surface area contributed by atoms with Crippen molar-refractivity contribution in [2.24, 2.45) is 11.8 Å². The van der Waals surface area contributed by atoms with Gasteiger partial charge >= 0.3 is 5.97 Å². The van der Waals surface area contributed by atoms with Gasteiger partial charge in [0.15, 0.2) is 0 Å². The van der Waals surface area contributed by atoms with Crippen molar-refractivity contribution in [2.45, 2.75) is 50.9 Å². The SMILES string of the molecule is O=C(O)/C=C/C/C=C\C[C@H]1[C@@H](CCOCc2ccccc2)[C@H]2CC[C@@H]1O2. The maximum Gasteiger partial charge on any atom is 0.327 e. The van der Waals surface area contributed by atoms with E-state index in [1.165, 1.54) is 24.5 Å². The number of aliphatic carboxylic acids is 1. The summed E-state index contributed by atoms with van der Waals surface area (Å²) in [6, 6.07) is 10.3. The second-order valence-corrected chi connectivity index (χ2v) is 7.13. The van der Waals surface area contributed by atoms with E-state index in [4.69, 9.17) is 14.6 Å². The largest absolute Gasteiger partial charge is 0.478 e. The first kappa shape index (κ1) is 18.9. The molecule has 0 radical (unpaired) electrons. The van der Waals surface area contributed by atoms with Crippen LogP contribution < -0.4 is 0 Å². The summed E-state index contributed by atoms with van der Waals surface area (Å²) in [5.74, 6) is 0.244. The molecule has 4 nitrogen and oxygen atoms in total. The van der Waals surface area contributed by atoms with E-state index in [9.17, 15) is 4.79 Å². The van der Waals surface area contributed by atoms with Crippen LogP contribution in [-0.4, -0.2) is 29.9 Å². The Balaban J connectivity index is 1.41. The van der Waals surface area contributed by atoms with Crippen LogP contribution in [0.2, 0.25) is 0 Å². The zero-order valence-corrected chi connectivity index (χ0v) is 15.1. The molecule has 4 heteroatoms. The van der Waals surface area contributed by atoms with E-state index in [0.29, 0.717) is 37.1 Å². The van der Waals surface area contributed by atoms with Gasteiger partial charge in [0.1, 0.15) is 0 Å². The molecule has 2 bridgehead atoms. The van der Waals surface area contributed by atoms with Crippen LogP contribution in [-0.2, 0) is 20.9 Å². The smallest absolute Gasteiger partial charge is 0.327 e. The van der Waals surface area contributed by atoms with Gasteiger partial charge < -0.3 is 14.6 Å². The minimum Gasteiger partial charge on any atom is -0.478 e. The van der Waals surface area contributed by atoms with Crippen LogP contribution in [0.5, 0.6) is 0 Å². The van der Waals surface area contributed by atoms with Gasteiger partial charge in [0.05, 0.1) is 18.8 Å². The third-order valence-electron chi connectivity index (χ3n) is 5.40. The number of fused-ring (bicyclic) bond motifs is 2. The maximum atomic E-state index is 10.4. The normalized spacial score (nSPS) is 27.7. The number of ether oxygens (including phenoxy) is 2. The fraction of sp³-hybridized carbons (Fsp3) is 0.500. The Morgan fingerprint density at radius 1 is 1.12 bits per heavy atom. The molecule has 1 aromatic carbocycles. The molecule has 1 N–H and O–H groups in total. The minimum absolute atomic E-state index is 0.387. The van der Waals surface area contributed by atoms with Crippen molar-refractivity contribution < 1.29 is 19.4 Å². The maximum absolute atomic E-state index is 10.4. The Labute approximate surface area is 155 Å². The van der Waals surface area contributed by atoms with Crippen LogP contribution in [0.1, 0.15) is 37.7 Å². The van der Waals surface area contributed by atoms with Crippen molar-refractivity contribution in [3.05, 3.63) is 60.2 Å². The highest BCUT2D eigenvalue weighted by atomic mass is 16.5. The van der Waals surface area contributed by atoms with Gasteiger partial charge in [-0.1, -0.05) is 48.6 Å². The number of benzene rings is 1. The van der Waals surface area contributed by atoms with Crippen molar-refractivity contribution in [1.29, 1.82) is 0 Å². The number of rotatable bonds is 10. The van der Waals surface area contributed by atoms with Crippen molar-refractivity contribution in [3.63, 3.8) is 0 Å². The summed E-state index contributed by atoms with van der Waals surface area (Å²) in [7, 11) is 0. The fourth-order valence-electron chi connectivity index (χ4n) is 4.18. The lowest BCUT2D eigenvalue weighted by molar-refractivity contribution is -0.131. The lowest BCUT2D eigenvalue weighted by Crippen LogP contribution is -2.27. The highest BCUT2D eigenvalue weighted by Gasteiger charge is 2.47. The molecule has 0 aromatic heterocycles. The fourth-order valence-corrected chi connectivity index (χ4v) is 4.18. The van der Waals surface area contributed by atoms with Crippen LogP contribution in [0.15, 0.2) is 54.6 Å². The van der Waals surface area contributed by atoms with Crippen LogP contribution in [0.3, 0.4) is 0 Å². The van der Waals surface area contributed by atoms with Crippen LogP contribution in [0.25, 0.3) is 0 Å². The summed E-state index contributed by atoms with van der Waals surface area (Å²) in [5.41, 5.74) is 1.21. The Morgan fingerprint density at radius 2 is 1.88 bits per heavy atom. The minimum atomic E-state index is -0.893. The molecular weight excluding hydrogens is 328 g/mol. The zero-order chi connectivity index (χ0) is 18.2. The quantitative estimate of drug-likeness (QED) is 0.384. The standard InChI is InChI=1S/C22H28O4/c23-22(24)11-7-2-1-6-10-18-19(21-13-12-20(18)26-21)14-15-25-16-17-8-4-3-5-9-17/h1,3-9,11,18-21H,2,10,12-16H2,(H,23,24)/b6-1-,11-7+/t18-,19+,20-,21+/m0/s1. The van der Waals surface area contributed by atoms with Gasteiger partial charge in [0.25, 0.3) is 0 Å². The Kier molecular flexibility index (Phi) is 7.04. The van der Waals surface area contributed by atoms with E-state index in [0.717, 1.165) is 19.4 Å². The van der Waals surface area contributed by atoms with Gasteiger partial charge in [-0.3, -0.25) is 0 Å². The second-order valence-electron chi connectivity index (χ2n) is 7.13. The van der Waals surface area contributed by atoms with E-state index in [1.807, 2.05) is 24.3 Å². The lowest BCUT2D eigenvalue weighted by atomic mass is 9.76. The topological polar surface area (TPSA) is 55.8 Å². The molecule has 2 aliphatic heterocycles. The first-order valence-corrected chi connectivity index (χ1v) is 9.55. The summed E-state index contributed by atoms with van der Waals surface area (Å²) in [6.45, 7) is 1.44. The first-order valence-electron chi connectivity index (χ1n) is 9.55. The molecule has 2 saturated heterocycles. The van der Waals surface area contributed by atoms with E-state index >= 15 is 0 Å². The van der Waals surface area contributed by atoms with Gasteiger partial charge in [-0.05, 0) is 49.5 Å². The second kappa shape index (κ2) is 9.70. The number of allylic oxidation sites excluding steroid dienone is 3. The summed E-state index contributed by atoms with van der Waals surface area (Å²) in [6.07, 6.45) is 12.9. The number of hydrogen-bond donors (Lipinski definition) is 1. The highest BCUT2D eigenvalue weighted by Crippen LogP contribution is 2.46. The van der Waals surface area contributed by atoms with E-state index in [2.05, 4.69) is 18.2 Å². The molecule has 140 valence electrons. The average Bonchev–Trinajstić information content (AvgIpc) is 3.24. The predicted molar refractivity (Wildman–Crippen MR) is 101 cm³/mol. The molecule has 4 atom stereocenters. The van der Waals surface area contributed by atoms with Crippen LogP contribution in [0, 0.1) is 11.8 Å². The van der Waals surface area contributed by atoms with Crippen molar-refractivity contribution in [3.8, 4) is 0 Å². The summed E-state index contributed by atoms with van der Waals surface area (Å²) in [5, 5.41) is 8.59. The van der Waals surface area contributed by atoms with E-state index in [-0.39, 0.29) is 0 Å².